The molecule has 0 aromatic rings. The highest BCUT2D eigenvalue weighted by atomic mass is 32.2. The van der Waals surface area contributed by atoms with Crippen LogP contribution in [0.2, 0.25) is 0 Å². The van der Waals surface area contributed by atoms with Gasteiger partial charge >= 0.3 is 0 Å². The Morgan fingerprint density at radius 3 is 2.69 bits per heavy atom. The Kier molecular flexibility index (Phi) is 4.11. The largest absolute Gasteiger partial charge is 0.301 e. The van der Waals surface area contributed by atoms with Crippen LogP contribution in [-0.2, 0) is 0 Å². The average molecular weight is 201 g/mol. The highest BCUT2D eigenvalue weighted by Gasteiger charge is 2.23. The zero-order valence-electron chi connectivity index (χ0n) is 9.47. The molecule has 1 aliphatic rings. The third kappa shape index (κ3) is 3.90. The van der Waals surface area contributed by atoms with E-state index in [1.54, 1.807) is 0 Å². The maximum absolute atomic E-state index is 2.63. The van der Waals surface area contributed by atoms with Crippen molar-refractivity contribution in [3.05, 3.63) is 0 Å². The number of hydrogen-bond acceptors (Lipinski definition) is 2. The maximum atomic E-state index is 2.63. The Balaban J connectivity index is 2.35. The van der Waals surface area contributed by atoms with E-state index >= 15 is 0 Å². The van der Waals surface area contributed by atoms with E-state index in [2.05, 4.69) is 44.4 Å². The minimum atomic E-state index is 0.502. The van der Waals surface area contributed by atoms with Gasteiger partial charge in [0.25, 0.3) is 0 Å². The van der Waals surface area contributed by atoms with Crippen molar-refractivity contribution in [1.29, 1.82) is 0 Å². The molecule has 0 N–H and O–H groups in total. The van der Waals surface area contributed by atoms with Gasteiger partial charge in [0.15, 0.2) is 0 Å². The summed E-state index contributed by atoms with van der Waals surface area (Å²) in [6, 6.07) is 0. The van der Waals surface area contributed by atoms with Gasteiger partial charge in [-0.05, 0) is 11.8 Å². The summed E-state index contributed by atoms with van der Waals surface area (Å²) < 4.78 is 0. The second-order valence-corrected chi connectivity index (χ2v) is 6.48. The molecule has 0 amide bonds. The summed E-state index contributed by atoms with van der Waals surface area (Å²) in [5, 5.41) is 0.835. The van der Waals surface area contributed by atoms with Gasteiger partial charge in [-0.2, -0.15) is 11.8 Å². The molecule has 1 fully saturated rings. The lowest BCUT2D eigenvalue weighted by molar-refractivity contribution is 0.179. The fraction of sp³-hybridized carbons (Fsp3) is 1.00. The molecule has 0 saturated carbocycles. The smallest absolute Gasteiger partial charge is 0.0147 e. The molecular weight excluding hydrogens is 178 g/mol. The zero-order valence-corrected chi connectivity index (χ0v) is 10.3. The summed E-state index contributed by atoms with van der Waals surface area (Å²) in [6.45, 7) is 13.2. The quantitative estimate of drug-likeness (QED) is 0.691. The Labute approximate surface area is 87.3 Å². The normalized spacial score (nSPS) is 26.3. The third-order valence-corrected chi connectivity index (χ3v) is 4.07. The minimum Gasteiger partial charge on any atom is -0.301 e. The van der Waals surface area contributed by atoms with Crippen molar-refractivity contribution in [2.45, 2.75) is 39.4 Å². The number of thioether (sulfide) groups is 1. The molecule has 1 atom stereocenters. The summed E-state index contributed by atoms with van der Waals surface area (Å²) in [4.78, 5) is 2.63. The van der Waals surface area contributed by atoms with Crippen molar-refractivity contribution in [3.8, 4) is 0 Å². The van der Waals surface area contributed by atoms with Crippen molar-refractivity contribution in [2.75, 3.05) is 25.4 Å². The summed E-state index contributed by atoms with van der Waals surface area (Å²) in [5.74, 6) is 1.32. The fourth-order valence-corrected chi connectivity index (χ4v) is 2.83. The topological polar surface area (TPSA) is 3.24 Å². The molecule has 2 heteroatoms. The van der Waals surface area contributed by atoms with Gasteiger partial charge in [0.1, 0.15) is 0 Å². The van der Waals surface area contributed by atoms with Crippen LogP contribution < -0.4 is 0 Å². The first-order valence-corrected chi connectivity index (χ1v) is 6.42. The lowest BCUT2D eigenvalue weighted by atomic mass is 9.89. The number of hydrogen-bond donors (Lipinski definition) is 0. The van der Waals surface area contributed by atoms with Gasteiger partial charge in [0, 0.05) is 30.6 Å². The van der Waals surface area contributed by atoms with Crippen LogP contribution in [0.15, 0.2) is 0 Å². The predicted octanol–water partition coefficient (Wildman–Crippen LogP) is 2.86. The first-order chi connectivity index (χ1) is 6.03. The van der Waals surface area contributed by atoms with Crippen LogP contribution in [0.4, 0.5) is 0 Å². The molecule has 1 heterocycles. The molecule has 1 saturated heterocycles. The zero-order chi connectivity index (χ0) is 9.90. The van der Waals surface area contributed by atoms with Crippen LogP contribution >= 0.6 is 11.8 Å². The third-order valence-electron chi connectivity index (χ3n) is 2.93. The van der Waals surface area contributed by atoms with Crippen LogP contribution in [0.3, 0.4) is 0 Å². The Hall–Kier alpha value is 0.310. The van der Waals surface area contributed by atoms with E-state index in [0.717, 1.165) is 5.25 Å². The van der Waals surface area contributed by atoms with Crippen molar-refractivity contribution in [3.63, 3.8) is 0 Å². The summed E-state index contributed by atoms with van der Waals surface area (Å²) >= 11 is 2.11. The molecule has 0 aromatic heterocycles. The van der Waals surface area contributed by atoms with Crippen molar-refractivity contribution >= 4 is 11.8 Å². The molecule has 1 unspecified atom stereocenters. The van der Waals surface area contributed by atoms with E-state index in [0.29, 0.717) is 5.41 Å². The van der Waals surface area contributed by atoms with E-state index in [9.17, 15) is 0 Å². The molecule has 0 aromatic carbocycles. The standard InChI is InChI=1S/C11H23NS/c1-5-11(3,4)9-12-6-7-13-10(2)8-12/h10H,5-9H2,1-4H3. The molecule has 0 spiro atoms. The Morgan fingerprint density at radius 1 is 1.46 bits per heavy atom. The summed E-state index contributed by atoms with van der Waals surface area (Å²) in [5.41, 5.74) is 0.502. The predicted molar refractivity (Wildman–Crippen MR) is 62.4 cm³/mol. The van der Waals surface area contributed by atoms with Crippen LogP contribution in [0.25, 0.3) is 0 Å². The van der Waals surface area contributed by atoms with Gasteiger partial charge in [0.2, 0.25) is 0 Å². The van der Waals surface area contributed by atoms with Gasteiger partial charge in [-0.15, -0.1) is 0 Å². The van der Waals surface area contributed by atoms with E-state index in [-0.39, 0.29) is 0 Å². The summed E-state index contributed by atoms with van der Waals surface area (Å²) in [7, 11) is 0. The molecule has 0 bridgehead atoms. The summed E-state index contributed by atoms with van der Waals surface area (Å²) in [6.07, 6.45) is 1.28. The van der Waals surface area contributed by atoms with Crippen LogP contribution in [0, 0.1) is 5.41 Å². The average Bonchev–Trinajstić information content (AvgIpc) is 2.03. The molecule has 13 heavy (non-hydrogen) atoms. The van der Waals surface area contributed by atoms with E-state index in [1.807, 2.05) is 0 Å². The van der Waals surface area contributed by atoms with E-state index in [4.69, 9.17) is 0 Å². The molecule has 78 valence electrons. The molecule has 1 aliphatic heterocycles. The van der Waals surface area contributed by atoms with Gasteiger partial charge in [-0.3, -0.25) is 0 Å². The maximum Gasteiger partial charge on any atom is 0.0147 e. The molecule has 1 nitrogen and oxygen atoms in total. The van der Waals surface area contributed by atoms with E-state index in [1.165, 1.54) is 31.8 Å². The molecule has 1 rings (SSSR count). The highest BCUT2D eigenvalue weighted by Crippen LogP contribution is 2.25. The Bertz CT molecular complexity index is 156. The minimum absolute atomic E-state index is 0.502. The SMILES string of the molecule is CCC(C)(C)CN1CCSC(C)C1. The van der Waals surface area contributed by atoms with Gasteiger partial charge in [-0.25, -0.2) is 0 Å². The molecular formula is C11H23NS. The monoisotopic (exact) mass is 201 g/mol. The van der Waals surface area contributed by atoms with Gasteiger partial charge in [0.05, 0.1) is 0 Å². The first kappa shape index (κ1) is 11.4. The van der Waals surface area contributed by atoms with Crippen LogP contribution in [-0.4, -0.2) is 35.5 Å². The lowest BCUT2D eigenvalue weighted by Gasteiger charge is -2.36. The first-order valence-electron chi connectivity index (χ1n) is 5.37. The van der Waals surface area contributed by atoms with Crippen LogP contribution in [0.1, 0.15) is 34.1 Å². The second kappa shape index (κ2) is 4.70. The van der Waals surface area contributed by atoms with Crippen LogP contribution in [0.5, 0.6) is 0 Å². The van der Waals surface area contributed by atoms with Gasteiger partial charge in [-0.1, -0.05) is 27.7 Å². The second-order valence-electron chi connectivity index (χ2n) is 4.93. The lowest BCUT2D eigenvalue weighted by Crippen LogP contribution is -2.42. The fourth-order valence-electron chi connectivity index (χ4n) is 1.75. The van der Waals surface area contributed by atoms with Crippen molar-refractivity contribution in [2.24, 2.45) is 5.41 Å². The highest BCUT2D eigenvalue weighted by molar-refractivity contribution is 7.99. The number of rotatable bonds is 3. The molecule has 0 radical (unpaired) electrons. The molecule has 0 aliphatic carbocycles. The Morgan fingerprint density at radius 2 is 2.15 bits per heavy atom. The van der Waals surface area contributed by atoms with Gasteiger partial charge < -0.3 is 4.90 Å². The van der Waals surface area contributed by atoms with Crippen molar-refractivity contribution < 1.29 is 0 Å². The number of nitrogens with zero attached hydrogens (tertiary/aromatic N) is 1. The van der Waals surface area contributed by atoms with E-state index < -0.39 is 0 Å². The van der Waals surface area contributed by atoms with Crippen molar-refractivity contribution in [1.82, 2.24) is 4.90 Å².